The van der Waals surface area contributed by atoms with Gasteiger partial charge in [-0.3, -0.25) is 4.99 Å². The molecule has 2 heterocycles. The predicted octanol–water partition coefficient (Wildman–Crippen LogP) is 1.75. The van der Waals surface area contributed by atoms with Crippen LogP contribution < -0.4 is 10.6 Å². The minimum atomic E-state index is -1.11. The highest BCUT2D eigenvalue weighted by molar-refractivity contribution is 5.79. The summed E-state index contributed by atoms with van der Waals surface area (Å²) in [6.45, 7) is 4.42. The van der Waals surface area contributed by atoms with E-state index in [1.807, 2.05) is 19.1 Å². The van der Waals surface area contributed by atoms with Crippen molar-refractivity contribution < 1.29 is 13.9 Å². The fourth-order valence-corrected chi connectivity index (χ4v) is 1.87. The standard InChI is InChI=1S/C15H21N3O3/c1-11-4-5-13(21-11)15(2,19)10-18-14(16-3)17-8-12-6-7-20-9-12/h4-7,9,19H,8,10H2,1-3H3,(H2,16,17,18). The van der Waals surface area contributed by atoms with Gasteiger partial charge in [0, 0.05) is 19.2 Å². The zero-order chi connectivity index (χ0) is 15.3. The molecule has 0 spiro atoms. The molecule has 2 rings (SSSR count). The smallest absolute Gasteiger partial charge is 0.191 e. The molecule has 114 valence electrons. The van der Waals surface area contributed by atoms with Crippen molar-refractivity contribution in [2.24, 2.45) is 4.99 Å². The normalized spacial score (nSPS) is 14.8. The van der Waals surface area contributed by atoms with E-state index in [2.05, 4.69) is 15.6 Å². The predicted molar refractivity (Wildman–Crippen MR) is 79.9 cm³/mol. The summed E-state index contributed by atoms with van der Waals surface area (Å²) in [6.07, 6.45) is 3.29. The van der Waals surface area contributed by atoms with E-state index < -0.39 is 5.60 Å². The Hall–Kier alpha value is -2.21. The number of furan rings is 2. The van der Waals surface area contributed by atoms with Gasteiger partial charge in [0.05, 0.1) is 19.1 Å². The maximum absolute atomic E-state index is 10.4. The lowest BCUT2D eigenvalue weighted by Crippen LogP contribution is -2.44. The van der Waals surface area contributed by atoms with Crippen molar-refractivity contribution in [2.75, 3.05) is 13.6 Å². The van der Waals surface area contributed by atoms with E-state index in [0.29, 0.717) is 18.3 Å². The highest BCUT2D eigenvalue weighted by Gasteiger charge is 2.26. The van der Waals surface area contributed by atoms with Crippen LogP contribution in [0, 0.1) is 6.92 Å². The second-order valence-electron chi connectivity index (χ2n) is 5.10. The van der Waals surface area contributed by atoms with Crippen LogP contribution in [-0.2, 0) is 12.1 Å². The molecular weight excluding hydrogens is 270 g/mol. The van der Waals surface area contributed by atoms with Crippen LogP contribution in [0.4, 0.5) is 0 Å². The van der Waals surface area contributed by atoms with Gasteiger partial charge in [0.15, 0.2) is 5.96 Å². The van der Waals surface area contributed by atoms with Crippen LogP contribution in [0.2, 0.25) is 0 Å². The van der Waals surface area contributed by atoms with Crippen LogP contribution >= 0.6 is 0 Å². The number of hydrogen-bond donors (Lipinski definition) is 3. The topological polar surface area (TPSA) is 82.9 Å². The Morgan fingerprint density at radius 1 is 1.33 bits per heavy atom. The highest BCUT2D eigenvalue weighted by atomic mass is 16.4. The van der Waals surface area contributed by atoms with Crippen LogP contribution in [0.15, 0.2) is 44.6 Å². The molecular formula is C15H21N3O3. The molecule has 0 aliphatic rings. The van der Waals surface area contributed by atoms with E-state index in [4.69, 9.17) is 8.83 Å². The first-order chi connectivity index (χ1) is 10.0. The van der Waals surface area contributed by atoms with Crippen LogP contribution in [0.3, 0.4) is 0 Å². The van der Waals surface area contributed by atoms with Crippen molar-refractivity contribution in [3.8, 4) is 0 Å². The van der Waals surface area contributed by atoms with Gasteiger partial charge in [-0.05, 0) is 32.0 Å². The molecule has 3 N–H and O–H groups in total. The first kappa shape index (κ1) is 15.2. The lowest BCUT2D eigenvalue weighted by Gasteiger charge is -2.22. The summed E-state index contributed by atoms with van der Waals surface area (Å²) in [4.78, 5) is 4.11. The zero-order valence-electron chi connectivity index (χ0n) is 12.5. The summed E-state index contributed by atoms with van der Waals surface area (Å²) in [5.41, 5.74) is -0.0898. The molecule has 0 radical (unpaired) electrons. The molecule has 6 heteroatoms. The quantitative estimate of drug-likeness (QED) is 0.577. The average Bonchev–Trinajstić information content (AvgIpc) is 3.10. The zero-order valence-corrected chi connectivity index (χ0v) is 12.5. The Labute approximate surface area is 123 Å². The van der Waals surface area contributed by atoms with Crippen molar-refractivity contribution in [1.29, 1.82) is 0 Å². The SMILES string of the molecule is CN=C(NCc1ccoc1)NCC(C)(O)c1ccc(C)o1. The van der Waals surface area contributed by atoms with E-state index in [1.54, 1.807) is 32.6 Å². The molecule has 2 aromatic heterocycles. The van der Waals surface area contributed by atoms with Crippen LogP contribution in [0.1, 0.15) is 24.0 Å². The second kappa shape index (κ2) is 6.49. The van der Waals surface area contributed by atoms with Crippen molar-refractivity contribution in [1.82, 2.24) is 10.6 Å². The lowest BCUT2D eigenvalue weighted by molar-refractivity contribution is 0.0378. The summed E-state index contributed by atoms with van der Waals surface area (Å²) in [5, 5.41) is 16.7. The molecule has 0 saturated heterocycles. The first-order valence-electron chi connectivity index (χ1n) is 6.76. The third-order valence-corrected chi connectivity index (χ3v) is 3.13. The highest BCUT2D eigenvalue weighted by Crippen LogP contribution is 2.21. The van der Waals surface area contributed by atoms with E-state index in [-0.39, 0.29) is 6.54 Å². The van der Waals surface area contributed by atoms with Gasteiger partial charge in [-0.2, -0.15) is 0 Å². The Morgan fingerprint density at radius 2 is 2.14 bits per heavy atom. The van der Waals surface area contributed by atoms with Crippen molar-refractivity contribution in [3.05, 3.63) is 47.8 Å². The van der Waals surface area contributed by atoms with Gasteiger partial charge in [0.1, 0.15) is 17.1 Å². The van der Waals surface area contributed by atoms with Gasteiger partial charge < -0.3 is 24.6 Å². The number of rotatable bonds is 5. The molecule has 1 atom stereocenters. The third kappa shape index (κ3) is 4.13. The molecule has 6 nitrogen and oxygen atoms in total. The fourth-order valence-electron chi connectivity index (χ4n) is 1.87. The molecule has 0 aliphatic carbocycles. The van der Waals surface area contributed by atoms with Crippen LogP contribution in [-0.4, -0.2) is 24.7 Å². The van der Waals surface area contributed by atoms with Gasteiger partial charge in [0.25, 0.3) is 0 Å². The first-order valence-corrected chi connectivity index (χ1v) is 6.76. The molecule has 0 aliphatic heterocycles. The lowest BCUT2D eigenvalue weighted by atomic mass is 10.0. The molecule has 0 aromatic carbocycles. The third-order valence-electron chi connectivity index (χ3n) is 3.13. The molecule has 0 amide bonds. The molecule has 2 aromatic rings. The number of nitrogens with zero attached hydrogens (tertiary/aromatic N) is 1. The van der Waals surface area contributed by atoms with E-state index in [9.17, 15) is 5.11 Å². The molecule has 0 saturated carbocycles. The molecule has 1 unspecified atom stereocenters. The summed E-state index contributed by atoms with van der Waals surface area (Å²) < 4.78 is 10.5. The Kier molecular flexibility index (Phi) is 4.70. The van der Waals surface area contributed by atoms with E-state index >= 15 is 0 Å². The Balaban J connectivity index is 1.87. The van der Waals surface area contributed by atoms with Crippen molar-refractivity contribution >= 4 is 5.96 Å². The number of aryl methyl sites for hydroxylation is 1. The van der Waals surface area contributed by atoms with Gasteiger partial charge in [-0.15, -0.1) is 0 Å². The van der Waals surface area contributed by atoms with Crippen molar-refractivity contribution in [2.45, 2.75) is 26.0 Å². The number of guanidine groups is 1. The Morgan fingerprint density at radius 3 is 2.71 bits per heavy atom. The average molecular weight is 291 g/mol. The number of aliphatic imine (C=N–C) groups is 1. The number of aliphatic hydroxyl groups is 1. The van der Waals surface area contributed by atoms with E-state index in [1.165, 1.54) is 0 Å². The number of hydrogen-bond acceptors (Lipinski definition) is 4. The summed E-state index contributed by atoms with van der Waals surface area (Å²) in [5.74, 6) is 1.89. The van der Waals surface area contributed by atoms with Gasteiger partial charge >= 0.3 is 0 Å². The maximum atomic E-state index is 10.4. The monoisotopic (exact) mass is 291 g/mol. The molecule has 0 bridgehead atoms. The maximum Gasteiger partial charge on any atom is 0.191 e. The second-order valence-corrected chi connectivity index (χ2v) is 5.10. The summed E-state index contributed by atoms with van der Waals surface area (Å²) >= 11 is 0. The summed E-state index contributed by atoms with van der Waals surface area (Å²) in [6, 6.07) is 5.48. The van der Waals surface area contributed by atoms with Gasteiger partial charge in [-0.25, -0.2) is 0 Å². The minimum absolute atomic E-state index is 0.283. The molecule has 0 fully saturated rings. The van der Waals surface area contributed by atoms with Crippen LogP contribution in [0.5, 0.6) is 0 Å². The minimum Gasteiger partial charge on any atom is -0.472 e. The molecule has 21 heavy (non-hydrogen) atoms. The van der Waals surface area contributed by atoms with Crippen molar-refractivity contribution in [3.63, 3.8) is 0 Å². The van der Waals surface area contributed by atoms with Gasteiger partial charge in [-0.1, -0.05) is 0 Å². The largest absolute Gasteiger partial charge is 0.472 e. The van der Waals surface area contributed by atoms with Crippen LogP contribution in [0.25, 0.3) is 0 Å². The van der Waals surface area contributed by atoms with E-state index in [0.717, 1.165) is 11.3 Å². The number of nitrogens with one attached hydrogen (secondary N) is 2. The van der Waals surface area contributed by atoms with Gasteiger partial charge in [0.2, 0.25) is 0 Å². The Bertz CT molecular complexity index is 585. The fraction of sp³-hybridized carbons (Fsp3) is 0.400. The summed E-state index contributed by atoms with van der Waals surface area (Å²) in [7, 11) is 1.68.